The number of nitrogens with one attached hydrogen (secondary N) is 1. The molecule has 2 unspecified atom stereocenters. The molecule has 0 heterocycles. The zero-order chi connectivity index (χ0) is 13.8. The first-order chi connectivity index (χ1) is 9.11. The maximum absolute atomic E-state index is 11.1. The Morgan fingerprint density at radius 3 is 2.84 bits per heavy atom. The molecule has 0 amide bonds. The van der Waals surface area contributed by atoms with Crippen molar-refractivity contribution in [3.05, 3.63) is 32.8 Å². The van der Waals surface area contributed by atoms with Crippen LogP contribution < -0.4 is 5.32 Å². The number of halogens is 1. The van der Waals surface area contributed by atoms with Gasteiger partial charge in [0.05, 0.1) is 4.92 Å². The number of benzene rings is 1. The molecular weight excluding hydrogens is 308 g/mol. The number of nitrogens with zero attached hydrogens (tertiary/aromatic N) is 1. The van der Waals surface area contributed by atoms with Crippen LogP contribution in [-0.2, 0) is 0 Å². The van der Waals surface area contributed by atoms with E-state index < -0.39 is 0 Å². The first-order valence-corrected chi connectivity index (χ1v) is 7.61. The molecular formula is C14H19BrN2O2. The van der Waals surface area contributed by atoms with E-state index in [0.717, 1.165) is 17.3 Å². The first kappa shape index (κ1) is 14.3. The van der Waals surface area contributed by atoms with Crippen LogP contribution in [0.5, 0.6) is 0 Å². The lowest BCUT2D eigenvalue weighted by Gasteiger charge is -2.32. The fourth-order valence-corrected chi connectivity index (χ4v) is 3.23. The Bertz CT molecular complexity index is 465. The van der Waals surface area contributed by atoms with Crippen LogP contribution in [0.25, 0.3) is 0 Å². The molecule has 1 fully saturated rings. The smallest absolute Gasteiger partial charge is 0.292 e. The van der Waals surface area contributed by atoms with E-state index in [1.807, 2.05) is 0 Å². The Labute approximate surface area is 121 Å². The third-order valence-electron chi connectivity index (χ3n) is 3.93. The molecule has 0 aromatic heterocycles. The van der Waals surface area contributed by atoms with Crippen LogP contribution in [0, 0.1) is 16.0 Å². The predicted octanol–water partition coefficient (Wildman–Crippen LogP) is 4.74. The van der Waals surface area contributed by atoms with Gasteiger partial charge in [-0.25, -0.2) is 0 Å². The van der Waals surface area contributed by atoms with Crippen LogP contribution in [0.1, 0.15) is 39.0 Å². The van der Waals surface area contributed by atoms with Crippen LogP contribution in [0.3, 0.4) is 0 Å². The van der Waals surface area contributed by atoms with Crippen LogP contribution in [0.4, 0.5) is 11.4 Å². The molecule has 1 aromatic rings. The molecule has 5 heteroatoms. The number of hydrogen-bond donors (Lipinski definition) is 1. The van der Waals surface area contributed by atoms with Crippen molar-refractivity contribution in [1.82, 2.24) is 0 Å². The first-order valence-electron chi connectivity index (χ1n) is 6.82. The van der Waals surface area contributed by atoms with Crippen molar-refractivity contribution < 1.29 is 4.92 Å². The lowest BCUT2D eigenvalue weighted by molar-refractivity contribution is -0.384. The fourth-order valence-electron chi connectivity index (χ4n) is 2.87. The predicted molar refractivity (Wildman–Crippen MR) is 80.5 cm³/mol. The van der Waals surface area contributed by atoms with Crippen molar-refractivity contribution >= 4 is 27.3 Å². The lowest BCUT2D eigenvalue weighted by Crippen LogP contribution is -2.32. The van der Waals surface area contributed by atoms with E-state index in [0.29, 0.717) is 17.6 Å². The van der Waals surface area contributed by atoms with Gasteiger partial charge in [0.2, 0.25) is 0 Å². The van der Waals surface area contributed by atoms with Crippen molar-refractivity contribution in [2.24, 2.45) is 5.92 Å². The average Bonchev–Trinajstić information content (AvgIpc) is 2.39. The zero-order valence-electron chi connectivity index (χ0n) is 11.1. The largest absolute Gasteiger partial charge is 0.376 e. The van der Waals surface area contributed by atoms with Gasteiger partial charge in [-0.05, 0) is 30.9 Å². The van der Waals surface area contributed by atoms with Gasteiger partial charge in [-0.2, -0.15) is 0 Å². The number of anilines is 1. The van der Waals surface area contributed by atoms with Crippen molar-refractivity contribution in [1.29, 1.82) is 0 Å². The second kappa shape index (κ2) is 6.37. The molecule has 0 bridgehead atoms. The minimum Gasteiger partial charge on any atom is -0.376 e. The van der Waals surface area contributed by atoms with Gasteiger partial charge in [0.1, 0.15) is 5.69 Å². The third kappa shape index (κ3) is 3.47. The second-order valence-corrected chi connectivity index (χ2v) is 6.04. The van der Waals surface area contributed by atoms with Gasteiger partial charge in [0, 0.05) is 16.6 Å². The van der Waals surface area contributed by atoms with E-state index in [1.165, 1.54) is 19.3 Å². The van der Waals surface area contributed by atoms with Gasteiger partial charge in [-0.15, -0.1) is 0 Å². The van der Waals surface area contributed by atoms with E-state index in [-0.39, 0.29) is 10.6 Å². The van der Waals surface area contributed by atoms with Crippen molar-refractivity contribution in [3.63, 3.8) is 0 Å². The Morgan fingerprint density at radius 2 is 2.16 bits per heavy atom. The summed E-state index contributed by atoms with van der Waals surface area (Å²) in [5.41, 5.74) is 0.786. The molecule has 4 nitrogen and oxygen atoms in total. The Hall–Kier alpha value is -1.10. The van der Waals surface area contributed by atoms with Crippen LogP contribution in [-0.4, -0.2) is 11.0 Å². The molecule has 0 saturated heterocycles. The highest BCUT2D eigenvalue weighted by Gasteiger charge is 2.25. The SMILES string of the molecule is CCC1CCCCC1Nc1cc(Br)ccc1[N+](=O)[O-]. The minimum absolute atomic E-state index is 0.156. The molecule has 1 aliphatic carbocycles. The summed E-state index contributed by atoms with van der Waals surface area (Å²) in [6.07, 6.45) is 5.92. The van der Waals surface area contributed by atoms with E-state index in [1.54, 1.807) is 18.2 Å². The molecule has 19 heavy (non-hydrogen) atoms. The van der Waals surface area contributed by atoms with Gasteiger partial charge >= 0.3 is 0 Å². The number of rotatable bonds is 4. The van der Waals surface area contributed by atoms with Gasteiger partial charge in [-0.1, -0.05) is 42.1 Å². The minimum atomic E-state index is -0.321. The van der Waals surface area contributed by atoms with Gasteiger partial charge in [-0.3, -0.25) is 10.1 Å². The summed E-state index contributed by atoms with van der Waals surface area (Å²) < 4.78 is 0.865. The Kier molecular flexibility index (Phi) is 4.80. The monoisotopic (exact) mass is 326 g/mol. The molecule has 2 rings (SSSR count). The van der Waals surface area contributed by atoms with Gasteiger partial charge in [0.15, 0.2) is 0 Å². The third-order valence-corrected chi connectivity index (χ3v) is 4.42. The van der Waals surface area contributed by atoms with Crippen LogP contribution >= 0.6 is 15.9 Å². The molecule has 104 valence electrons. The quantitative estimate of drug-likeness (QED) is 0.642. The summed E-state index contributed by atoms with van der Waals surface area (Å²) in [5, 5.41) is 14.5. The molecule has 1 N–H and O–H groups in total. The van der Waals surface area contributed by atoms with Crippen LogP contribution in [0.2, 0.25) is 0 Å². The molecule has 1 aromatic carbocycles. The molecule has 1 saturated carbocycles. The average molecular weight is 327 g/mol. The molecule has 0 aliphatic heterocycles. The summed E-state index contributed by atoms with van der Waals surface area (Å²) in [6, 6.07) is 5.42. The molecule has 0 radical (unpaired) electrons. The zero-order valence-corrected chi connectivity index (χ0v) is 12.6. The van der Waals surface area contributed by atoms with Crippen molar-refractivity contribution in [2.45, 2.75) is 45.1 Å². The number of hydrogen-bond acceptors (Lipinski definition) is 3. The molecule has 2 atom stereocenters. The Balaban J connectivity index is 2.21. The summed E-state index contributed by atoms with van der Waals surface area (Å²) in [7, 11) is 0. The molecule has 1 aliphatic rings. The van der Waals surface area contributed by atoms with E-state index in [9.17, 15) is 10.1 Å². The topological polar surface area (TPSA) is 55.2 Å². The lowest BCUT2D eigenvalue weighted by atomic mass is 9.83. The highest BCUT2D eigenvalue weighted by Crippen LogP contribution is 2.33. The normalized spacial score (nSPS) is 23.1. The fraction of sp³-hybridized carbons (Fsp3) is 0.571. The number of nitro groups is 1. The van der Waals surface area contributed by atoms with Crippen LogP contribution in [0.15, 0.2) is 22.7 Å². The van der Waals surface area contributed by atoms with E-state index >= 15 is 0 Å². The summed E-state index contributed by atoms with van der Waals surface area (Å²) in [4.78, 5) is 10.8. The summed E-state index contributed by atoms with van der Waals surface area (Å²) in [6.45, 7) is 2.19. The van der Waals surface area contributed by atoms with E-state index in [4.69, 9.17) is 0 Å². The van der Waals surface area contributed by atoms with Gasteiger partial charge < -0.3 is 5.32 Å². The standard InChI is InChI=1S/C14H19BrN2O2/c1-2-10-5-3-4-6-12(10)16-13-9-11(15)7-8-14(13)17(18)19/h7-10,12,16H,2-6H2,1H3. The molecule has 0 spiro atoms. The highest BCUT2D eigenvalue weighted by atomic mass is 79.9. The maximum atomic E-state index is 11.1. The summed E-state index contributed by atoms with van der Waals surface area (Å²) in [5.74, 6) is 0.618. The second-order valence-electron chi connectivity index (χ2n) is 5.12. The van der Waals surface area contributed by atoms with E-state index in [2.05, 4.69) is 28.2 Å². The van der Waals surface area contributed by atoms with Crippen molar-refractivity contribution in [2.75, 3.05) is 5.32 Å². The number of nitro benzene ring substituents is 1. The Morgan fingerprint density at radius 1 is 1.42 bits per heavy atom. The maximum Gasteiger partial charge on any atom is 0.292 e. The summed E-state index contributed by atoms with van der Waals surface area (Å²) >= 11 is 3.38. The van der Waals surface area contributed by atoms with Crippen molar-refractivity contribution in [3.8, 4) is 0 Å². The van der Waals surface area contributed by atoms with Gasteiger partial charge in [0.25, 0.3) is 5.69 Å². The highest BCUT2D eigenvalue weighted by molar-refractivity contribution is 9.10.